The number of halogens is 2. The number of ketones is 1. The Kier molecular flexibility index (Phi) is 8.15. The summed E-state index contributed by atoms with van der Waals surface area (Å²) in [7, 11) is 1.47. The molecule has 0 saturated carbocycles. The van der Waals surface area contributed by atoms with Crippen molar-refractivity contribution in [1.29, 1.82) is 0 Å². The molecule has 1 aliphatic heterocycles. The number of hydrogen-bond donors (Lipinski definition) is 1. The fourth-order valence-electron chi connectivity index (χ4n) is 3.55. The van der Waals surface area contributed by atoms with Crippen LogP contribution in [0.15, 0.2) is 40.7 Å². The molecular formula is C23H27Cl2NO6. The molecular weight excluding hydrogens is 457 g/mol. The molecule has 9 heteroatoms. The minimum atomic E-state index is -1.21. The Labute approximate surface area is 197 Å². The number of carbonyl (C=O) groups is 3. The van der Waals surface area contributed by atoms with Crippen molar-refractivity contribution in [3.05, 3.63) is 56.3 Å². The topological polar surface area (TPSA) is 93.1 Å². The molecule has 1 aromatic carbocycles. The van der Waals surface area contributed by atoms with Gasteiger partial charge in [-0.15, -0.1) is 0 Å². The van der Waals surface area contributed by atoms with Crippen molar-refractivity contribution in [3.63, 3.8) is 0 Å². The maximum absolute atomic E-state index is 13.4. The van der Waals surface area contributed by atoms with Crippen molar-refractivity contribution in [1.82, 2.24) is 4.90 Å². The van der Waals surface area contributed by atoms with E-state index in [2.05, 4.69) is 0 Å². The first kappa shape index (κ1) is 25.9. The first-order valence-corrected chi connectivity index (χ1v) is 10.6. The lowest BCUT2D eigenvalue weighted by molar-refractivity contribution is -0.155. The van der Waals surface area contributed by atoms with Gasteiger partial charge in [-0.1, -0.05) is 35.3 Å². The van der Waals surface area contributed by atoms with Crippen LogP contribution in [0.5, 0.6) is 0 Å². The standard InChI is InChI=1S/C23H27Cl2NO6/c1-12-17(16(27)10-32-22(30)23(3,4)5)19(14-8-7-9-15(24)20(14)25)18(21(28)29)13(2)26(12)11-31-6/h7-9,19H,10-11H2,1-6H3,(H,28,29). The third-order valence-corrected chi connectivity index (χ3v) is 6.03. The Morgan fingerprint density at radius 1 is 1.09 bits per heavy atom. The third kappa shape index (κ3) is 5.17. The van der Waals surface area contributed by atoms with Crippen LogP contribution in [0.4, 0.5) is 0 Å². The van der Waals surface area contributed by atoms with Gasteiger partial charge in [0.15, 0.2) is 12.4 Å². The van der Waals surface area contributed by atoms with Crippen molar-refractivity contribution >= 4 is 40.9 Å². The number of nitrogens with zero attached hydrogens (tertiary/aromatic N) is 1. The van der Waals surface area contributed by atoms with Crippen molar-refractivity contribution in [3.8, 4) is 0 Å². The van der Waals surface area contributed by atoms with E-state index in [1.807, 2.05) is 0 Å². The molecule has 0 amide bonds. The van der Waals surface area contributed by atoms with Crippen LogP contribution in [-0.2, 0) is 23.9 Å². The minimum absolute atomic E-state index is 0.0308. The highest BCUT2D eigenvalue weighted by Gasteiger charge is 2.40. The smallest absolute Gasteiger partial charge is 0.334 e. The largest absolute Gasteiger partial charge is 0.478 e. The molecule has 1 aliphatic rings. The number of methoxy groups -OCH3 is 1. The van der Waals surface area contributed by atoms with Gasteiger partial charge in [-0.3, -0.25) is 9.59 Å². The number of carboxylic acid groups (broad SMARTS) is 1. The average Bonchev–Trinajstić information content (AvgIpc) is 2.69. The van der Waals surface area contributed by atoms with E-state index < -0.39 is 35.7 Å². The molecule has 0 aromatic heterocycles. The number of rotatable bonds is 7. The molecule has 0 aliphatic carbocycles. The molecule has 0 spiro atoms. The van der Waals surface area contributed by atoms with Gasteiger partial charge < -0.3 is 19.5 Å². The van der Waals surface area contributed by atoms with Crippen LogP contribution in [0.3, 0.4) is 0 Å². The summed E-state index contributed by atoms with van der Waals surface area (Å²) in [6.07, 6.45) is 0. The zero-order valence-corrected chi connectivity index (χ0v) is 20.4. The van der Waals surface area contributed by atoms with Gasteiger partial charge in [-0.25, -0.2) is 4.79 Å². The number of carboxylic acids is 1. The highest BCUT2D eigenvalue weighted by atomic mass is 35.5. The van der Waals surface area contributed by atoms with Crippen molar-refractivity contribution in [2.45, 2.75) is 40.5 Å². The molecule has 0 bridgehead atoms. The predicted octanol–water partition coefficient (Wildman–Crippen LogP) is 4.79. The lowest BCUT2D eigenvalue weighted by Gasteiger charge is -2.37. The summed E-state index contributed by atoms with van der Waals surface area (Å²) in [5.74, 6) is -3.30. The van der Waals surface area contributed by atoms with E-state index in [0.29, 0.717) is 17.0 Å². The summed E-state index contributed by atoms with van der Waals surface area (Å²) in [4.78, 5) is 39.5. The van der Waals surface area contributed by atoms with Crippen LogP contribution in [-0.4, -0.2) is 48.2 Å². The van der Waals surface area contributed by atoms with Crippen molar-refractivity contribution in [2.24, 2.45) is 5.41 Å². The van der Waals surface area contributed by atoms with E-state index in [-0.39, 0.29) is 27.9 Å². The van der Waals surface area contributed by atoms with E-state index in [0.717, 1.165) is 0 Å². The zero-order chi connectivity index (χ0) is 24.4. The second-order valence-corrected chi connectivity index (χ2v) is 9.26. The van der Waals surface area contributed by atoms with Gasteiger partial charge in [-0.2, -0.15) is 0 Å². The van der Waals surface area contributed by atoms with Gasteiger partial charge in [0.25, 0.3) is 0 Å². The number of carbonyl (C=O) groups excluding carboxylic acids is 2. The monoisotopic (exact) mass is 483 g/mol. The molecule has 1 atom stereocenters. The van der Waals surface area contributed by atoms with Gasteiger partial charge in [-0.05, 0) is 46.2 Å². The fraction of sp³-hybridized carbons (Fsp3) is 0.435. The van der Waals surface area contributed by atoms with E-state index >= 15 is 0 Å². The number of aliphatic carboxylic acids is 1. The molecule has 0 radical (unpaired) electrons. The van der Waals surface area contributed by atoms with Crippen molar-refractivity contribution < 1.29 is 29.0 Å². The maximum atomic E-state index is 13.4. The van der Waals surface area contributed by atoms with E-state index in [9.17, 15) is 19.5 Å². The van der Waals surface area contributed by atoms with Crippen LogP contribution in [0.1, 0.15) is 46.1 Å². The second-order valence-electron chi connectivity index (χ2n) is 8.47. The van der Waals surface area contributed by atoms with Crippen LogP contribution in [0.2, 0.25) is 10.0 Å². The number of ether oxygens (including phenoxy) is 2. The molecule has 0 saturated heterocycles. The quantitative estimate of drug-likeness (QED) is 0.557. The minimum Gasteiger partial charge on any atom is -0.478 e. The Morgan fingerprint density at radius 3 is 2.22 bits per heavy atom. The van der Waals surface area contributed by atoms with Gasteiger partial charge in [0, 0.05) is 30.0 Å². The highest BCUT2D eigenvalue weighted by molar-refractivity contribution is 6.42. The summed E-state index contributed by atoms with van der Waals surface area (Å²) in [6.45, 7) is 7.84. The average molecular weight is 484 g/mol. The first-order chi connectivity index (χ1) is 14.8. The van der Waals surface area contributed by atoms with Crippen molar-refractivity contribution in [2.75, 3.05) is 20.4 Å². The number of benzene rings is 1. The molecule has 1 N–H and O–H groups in total. The second kappa shape index (κ2) is 10.1. The molecule has 1 heterocycles. The summed E-state index contributed by atoms with van der Waals surface area (Å²) in [6, 6.07) is 4.84. The fourth-order valence-corrected chi connectivity index (χ4v) is 3.96. The molecule has 174 valence electrons. The Bertz CT molecular complexity index is 1010. The molecule has 2 rings (SSSR count). The van der Waals surface area contributed by atoms with Crippen LogP contribution in [0, 0.1) is 5.41 Å². The molecule has 1 unspecified atom stereocenters. The first-order valence-electron chi connectivity index (χ1n) is 9.88. The number of Topliss-reactive ketones (excluding diaryl/α,β-unsaturated/α-hetero) is 1. The van der Waals surface area contributed by atoms with E-state index in [1.165, 1.54) is 7.11 Å². The summed E-state index contributed by atoms with van der Waals surface area (Å²) in [5, 5.41) is 10.5. The number of allylic oxidation sites excluding steroid dienone is 2. The van der Waals surface area contributed by atoms with Crippen LogP contribution < -0.4 is 0 Å². The zero-order valence-electron chi connectivity index (χ0n) is 18.9. The third-order valence-electron chi connectivity index (χ3n) is 5.19. The maximum Gasteiger partial charge on any atom is 0.334 e. The van der Waals surface area contributed by atoms with E-state index in [4.69, 9.17) is 32.7 Å². The summed E-state index contributed by atoms with van der Waals surface area (Å²) >= 11 is 12.6. The van der Waals surface area contributed by atoms with E-state index in [1.54, 1.807) is 57.7 Å². The van der Waals surface area contributed by atoms with Crippen LogP contribution in [0.25, 0.3) is 0 Å². The van der Waals surface area contributed by atoms with Crippen LogP contribution >= 0.6 is 23.2 Å². The Balaban J connectivity index is 2.68. The molecule has 0 fully saturated rings. The highest BCUT2D eigenvalue weighted by Crippen LogP contribution is 2.45. The van der Waals surface area contributed by atoms with Gasteiger partial charge >= 0.3 is 11.9 Å². The normalized spacial score (nSPS) is 17.0. The number of esters is 1. The molecule has 1 aromatic rings. The Morgan fingerprint density at radius 2 is 1.69 bits per heavy atom. The Hall–Kier alpha value is -2.35. The SMILES string of the molecule is COCN1C(C)=C(C(=O)O)C(c2cccc(Cl)c2Cl)C(C(=O)COC(=O)C(C)(C)C)=C1C. The van der Waals surface area contributed by atoms with Gasteiger partial charge in [0.2, 0.25) is 0 Å². The van der Waals surface area contributed by atoms with Gasteiger partial charge in [0.05, 0.1) is 21.0 Å². The molecule has 7 nitrogen and oxygen atoms in total. The van der Waals surface area contributed by atoms with Gasteiger partial charge in [0.1, 0.15) is 6.73 Å². The predicted molar refractivity (Wildman–Crippen MR) is 121 cm³/mol. The number of hydrogen-bond acceptors (Lipinski definition) is 6. The summed E-state index contributed by atoms with van der Waals surface area (Å²) < 4.78 is 10.5. The lowest BCUT2D eigenvalue weighted by atomic mass is 9.78. The lowest BCUT2D eigenvalue weighted by Crippen LogP contribution is -2.36. The molecule has 32 heavy (non-hydrogen) atoms. The summed E-state index contributed by atoms with van der Waals surface area (Å²) in [5.41, 5.74) is 0.570.